The highest BCUT2D eigenvalue weighted by Gasteiger charge is 2.22. The Bertz CT molecular complexity index is 689. The molecule has 2 rings (SSSR count). The van der Waals surface area contributed by atoms with Crippen LogP contribution in [-0.2, 0) is 10.0 Å². The van der Waals surface area contributed by atoms with Gasteiger partial charge in [0.2, 0.25) is 0 Å². The first kappa shape index (κ1) is 13.6. The van der Waals surface area contributed by atoms with Crippen LogP contribution in [0.2, 0.25) is 5.02 Å². The Hall–Kier alpha value is -1.79. The monoisotopic (exact) mass is 297 g/mol. The molecule has 2 N–H and O–H groups in total. The lowest BCUT2D eigenvalue weighted by atomic mass is 10.3. The van der Waals surface area contributed by atoms with E-state index in [-0.39, 0.29) is 15.7 Å². The molecule has 0 spiro atoms. The molecular weight excluding hydrogens is 286 g/mol. The highest BCUT2D eigenvalue weighted by Crippen LogP contribution is 2.25. The molecule has 0 amide bonds. The van der Waals surface area contributed by atoms with Gasteiger partial charge in [-0.3, -0.25) is 4.31 Å². The summed E-state index contributed by atoms with van der Waals surface area (Å²) in [5.41, 5.74) is 6.02. The van der Waals surface area contributed by atoms with Gasteiger partial charge in [0.25, 0.3) is 10.0 Å². The molecule has 0 aliphatic heterocycles. The SMILES string of the molecule is CN(c1ccccc1)S(=O)(=O)c1cnc(N)c(Cl)c1. The molecule has 100 valence electrons. The van der Waals surface area contributed by atoms with Gasteiger partial charge >= 0.3 is 0 Å². The Kier molecular flexibility index (Phi) is 3.64. The van der Waals surface area contributed by atoms with Gasteiger partial charge in [-0.05, 0) is 18.2 Å². The number of hydrogen-bond acceptors (Lipinski definition) is 4. The van der Waals surface area contributed by atoms with Crippen LogP contribution in [0.1, 0.15) is 0 Å². The van der Waals surface area contributed by atoms with Crippen molar-refractivity contribution in [2.45, 2.75) is 4.90 Å². The van der Waals surface area contributed by atoms with E-state index in [9.17, 15) is 8.42 Å². The number of para-hydroxylation sites is 1. The number of hydrogen-bond donors (Lipinski definition) is 1. The summed E-state index contributed by atoms with van der Waals surface area (Å²) >= 11 is 5.80. The summed E-state index contributed by atoms with van der Waals surface area (Å²) in [6.07, 6.45) is 1.19. The van der Waals surface area contributed by atoms with E-state index >= 15 is 0 Å². The standard InChI is InChI=1S/C12H12ClN3O2S/c1-16(9-5-3-2-4-6-9)19(17,18)10-7-11(13)12(14)15-8-10/h2-8H,1H3,(H2,14,15). The first-order chi connectivity index (χ1) is 8.93. The summed E-state index contributed by atoms with van der Waals surface area (Å²) in [7, 11) is -2.23. The van der Waals surface area contributed by atoms with E-state index in [1.807, 2.05) is 6.07 Å². The second kappa shape index (κ2) is 5.07. The van der Waals surface area contributed by atoms with E-state index in [4.69, 9.17) is 17.3 Å². The Balaban J connectivity index is 2.45. The summed E-state index contributed by atoms with van der Waals surface area (Å²) < 4.78 is 25.9. The first-order valence-corrected chi connectivity index (χ1v) is 7.20. The Morgan fingerprint density at radius 1 is 1.26 bits per heavy atom. The van der Waals surface area contributed by atoms with Crippen molar-refractivity contribution in [3.8, 4) is 0 Å². The Morgan fingerprint density at radius 3 is 2.47 bits per heavy atom. The number of anilines is 2. The summed E-state index contributed by atoms with van der Waals surface area (Å²) in [6.45, 7) is 0. The van der Waals surface area contributed by atoms with Crippen LogP contribution in [0.4, 0.5) is 11.5 Å². The van der Waals surface area contributed by atoms with Crippen molar-refractivity contribution in [1.29, 1.82) is 0 Å². The fourth-order valence-corrected chi connectivity index (χ4v) is 2.91. The average Bonchev–Trinajstić information content (AvgIpc) is 2.41. The summed E-state index contributed by atoms with van der Waals surface area (Å²) in [5, 5.41) is 0.113. The minimum absolute atomic E-state index is 0.00180. The van der Waals surface area contributed by atoms with Crippen molar-refractivity contribution in [2.75, 3.05) is 17.1 Å². The maximum absolute atomic E-state index is 12.4. The van der Waals surface area contributed by atoms with Crippen molar-refractivity contribution in [2.24, 2.45) is 0 Å². The second-order valence-electron chi connectivity index (χ2n) is 3.85. The fraction of sp³-hybridized carbons (Fsp3) is 0.0833. The molecule has 19 heavy (non-hydrogen) atoms. The number of halogens is 1. The third kappa shape index (κ3) is 2.64. The molecule has 0 fully saturated rings. The summed E-state index contributed by atoms with van der Waals surface area (Å²) in [6, 6.07) is 10.0. The van der Waals surface area contributed by atoms with Gasteiger partial charge in [0.1, 0.15) is 10.7 Å². The summed E-state index contributed by atoms with van der Waals surface area (Å²) in [4.78, 5) is 3.76. The molecule has 0 aliphatic carbocycles. The molecule has 0 saturated carbocycles. The van der Waals surface area contributed by atoms with Crippen molar-refractivity contribution in [3.63, 3.8) is 0 Å². The van der Waals surface area contributed by atoms with Gasteiger partial charge in [-0.2, -0.15) is 0 Å². The minimum atomic E-state index is -3.70. The number of aromatic nitrogens is 1. The Labute approximate surface area is 116 Å². The molecule has 0 unspecified atom stereocenters. The van der Waals surface area contributed by atoms with Crippen molar-refractivity contribution >= 4 is 33.1 Å². The van der Waals surface area contributed by atoms with E-state index in [1.165, 1.54) is 19.3 Å². The fourth-order valence-electron chi connectivity index (χ4n) is 1.51. The van der Waals surface area contributed by atoms with E-state index in [1.54, 1.807) is 24.3 Å². The van der Waals surface area contributed by atoms with Crippen molar-refractivity contribution in [3.05, 3.63) is 47.6 Å². The maximum atomic E-state index is 12.4. The quantitative estimate of drug-likeness (QED) is 0.941. The zero-order chi connectivity index (χ0) is 14.0. The van der Waals surface area contributed by atoms with Gasteiger partial charge < -0.3 is 5.73 Å². The Morgan fingerprint density at radius 2 is 1.89 bits per heavy atom. The van der Waals surface area contributed by atoms with E-state index in [0.29, 0.717) is 5.69 Å². The molecule has 0 atom stereocenters. The van der Waals surface area contributed by atoms with Gasteiger partial charge in [-0.15, -0.1) is 0 Å². The summed E-state index contributed by atoms with van der Waals surface area (Å²) in [5.74, 6) is 0.1000. The van der Waals surface area contributed by atoms with Gasteiger partial charge in [0, 0.05) is 13.2 Å². The molecular formula is C12H12ClN3O2S. The van der Waals surface area contributed by atoms with Crippen LogP contribution in [-0.4, -0.2) is 20.4 Å². The van der Waals surface area contributed by atoms with Gasteiger partial charge in [-0.25, -0.2) is 13.4 Å². The lowest BCUT2D eigenvalue weighted by molar-refractivity contribution is 0.594. The molecule has 1 aromatic heterocycles. The van der Waals surface area contributed by atoms with Crippen LogP contribution >= 0.6 is 11.6 Å². The molecule has 5 nitrogen and oxygen atoms in total. The minimum Gasteiger partial charge on any atom is -0.382 e. The molecule has 0 saturated heterocycles. The molecule has 1 aromatic carbocycles. The predicted molar refractivity (Wildman–Crippen MR) is 75.7 cm³/mol. The van der Waals surface area contributed by atoms with E-state index < -0.39 is 10.0 Å². The lowest BCUT2D eigenvalue weighted by Crippen LogP contribution is -2.26. The molecule has 0 aliphatic rings. The third-order valence-electron chi connectivity index (χ3n) is 2.62. The number of pyridine rings is 1. The van der Waals surface area contributed by atoms with Crippen LogP contribution < -0.4 is 10.0 Å². The van der Waals surface area contributed by atoms with Crippen LogP contribution in [0.5, 0.6) is 0 Å². The lowest BCUT2D eigenvalue weighted by Gasteiger charge is -2.19. The number of benzene rings is 1. The van der Waals surface area contributed by atoms with Gasteiger partial charge in [0.15, 0.2) is 0 Å². The molecule has 0 radical (unpaired) electrons. The third-order valence-corrected chi connectivity index (χ3v) is 4.68. The maximum Gasteiger partial charge on any atom is 0.265 e. The van der Waals surface area contributed by atoms with Crippen LogP contribution in [0.15, 0.2) is 47.5 Å². The van der Waals surface area contributed by atoms with Gasteiger partial charge in [-0.1, -0.05) is 29.8 Å². The zero-order valence-electron chi connectivity index (χ0n) is 10.1. The number of nitrogens with two attached hydrogens (primary N) is 1. The number of sulfonamides is 1. The van der Waals surface area contributed by atoms with Crippen molar-refractivity contribution in [1.82, 2.24) is 4.98 Å². The smallest absolute Gasteiger partial charge is 0.265 e. The van der Waals surface area contributed by atoms with Gasteiger partial charge in [0.05, 0.1) is 10.7 Å². The molecule has 2 aromatic rings. The highest BCUT2D eigenvalue weighted by atomic mass is 35.5. The molecule has 7 heteroatoms. The first-order valence-electron chi connectivity index (χ1n) is 5.38. The predicted octanol–water partition coefficient (Wildman–Crippen LogP) is 2.14. The van der Waals surface area contributed by atoms with Crippen LogP contribution in [0.25, 0.3) is 0 Å². The topological polar surface area (TPSA) is 76.3 Å². The second-order valence-corrected chi connectivity index (χ2v) is 6.22. The van der Waals surface area contributed by atoms with Crippen LogP contribution in [0.3, 0.4) is 0 Å². The normalized spacial score (nSPS) is 11.3. The van der Waals surface area contributed by atoms with E-state index in [0.717, 1.165) is 4.31 Å². The molecule has 0 bridgehead atoms. The van der Waals surface area contributed by atoms with Crippen LogP contribution in [0, 0.1) is 0 Å². The highest BCUT2D eigenvalue weighted by molar-refractivity contribution is 7.92. The molecule has 1 heterocycles. The number of nitrogens with zero attached hydrogens (tertiary/aromatic N) is 2. The van der Waals surface area contributed by atoms with Crippen molar-refractivity contribution < 1.29 is 8.42 Å². The number of nitrogen functional groups attached to an aromatic ring is 1. The van der Waals surface area contributed by atoms with E-state index in [2.05, 4.69) is 4.98 Å². The largest absolute Gasteiger partial charge is 0.382 e. The zero-order valence-corrected chi connectivity index (χ0v) is 11.7. The number of rotatable bonds is 3. The average molecular weight is 298 g/mol.